The second-order valence-corrected chi connectivity index (χ2v) is 5.42. The normalized spacial score (nSPS) is 17.2. The maximum absolute atomic E-state index is 5.87. The number of benzene rings is 2. The highest BCUT2D eigenvalue weighted by molar-refractivity contribution is 5.84. The molecule has 100 valence electrons. The van der Waals surface area contributed by atoms with Crippen LogP contribution in [-0.2, 0) is 11.2 Å². The van der Waals surface area contributed by atoms with Gasteiger partial charge in [0.15, 0.2) is 0 Å². The van der Waals surface area contributed by atoms with E-state index in [0.717, 1.165) is 25.4 Å². The van der Waals surface area contributed by atoms with Crippen LogP contribution in [0.3, 0.4) is 0 Å². The Labute approximate surface area is 113 Å². The number of fused-ring (bicyclic) bond motifs is 1. The number of rotatable bonds is 4. The summed E-state index contributed by atoms with van der Waals surface area (Å²) in [7, 11) is 1.69. The van der Waals surface area contributed by atoms with Crippen LogP contribution in [0.4, 0.5) is 0 Å². The first kappa shape index (κ1) is 12.5. The molecule has 0 radical (unpaired) electrons. The Morgan fingerprint density at radius 1 is 1.16 bits per heavy atom. The molecule has 3 rings (SSSR count). The molecule has 0 bridgehead atoms. The zero-order valence-electron chi connectivity index (χ0n) is 11.2. The first-order valence-corrected chi connectivity index (χ1v) is 6.59. The van der Waals surface area contributed by atoms with Gasteiger partial charge in [-0.2, -0.15) is 0 Å². The van der Waals surface area contributed by atoms with Gasteiger partial charge in [-0.15, -0.1) is 0 Å². The molecule has 0 aliphatic carbocycles. The van der Waals surface area contributed by atoms with Gasteiger partial charge in [0, 0.05) is 12.0 Å². The quantitative estimate of drug-likeness (QED) is 0.914. The van der Waals surface area contributed by atoms with Crippen LogP contribution in [-0.4, -0.2) is 26.9 Å². The van der Waals surface area contributed by atoms with Gasteiger partial charge in [-0.05, 0) is 34.9 Å². The van der Waals surface area contributed by atoms with Gasteiger partial charge in [0.05, 0.1) is 20.3 Å². The first-order valence-electron chi connectivity index (χ1n) is 6.59. The van der Waals surface area contributed by atoms with Crippen molar-refractivity contribution < 1.29 is 9.47 Å². The lowest BCUT2D eigenvalue weighted by atomic mass is 9.79. The average Bonchev–Trinajstić information content (AvgIpc) is 2.42. The largest absolute Gasteiger partial charge is 0.497 e. The van der Waals surface area contributed by atoms with Crippen LogP contribution >= 0.6 is 0 Å². The Bertz CT molecular complexity index is 585. The predicted octanol–water partition coefficient (Wildman–Crippen LogP) is 2.37. The molecule has 2 aromatic rings. The predicted molar refractivity (Wildman–Crippen MR) is 76.5 cm³/mol. The van der Waals surface area contributed by atoms with E-state index in [0.29, 0.717) is 6.54 Å². The summed E-state index contributed by atoms with van der Waals surface area (Å²) in [6.07, 6.45) is 0.992. The molecule has 19 heavy (non-hydrogen) atoms. The second-order valence-electron chi connectivity index (χ2n) is 5.42. The summed E-state index contributed by atoms with van der Waals surface area (Å²) < 4.78 is 10.6. The minimum absolute atomic E-state index is 0.153. The monoisotopic (exact) mass is 257 g/mol. The summed E-state index contributed by atoms with van der Waals surface area (Å²) in [4.78, 5) is 0. The minimum atomic E-state index is 0.153. The van der Waals surface area contributed by atoms with Crippen molar-refractivity contribution in [3.05, 3.63) is 42.0 Å². The van der Waals surface area contributed by atoms with Gasteiger partial charge in [-0.25, -0.2) is 0 Å². The number of hydrogen-bond acceptors (Lipinski definition) is 3. The third kappa shape index (κ3) is 2.31. The molecule has 2 N–H and O–H groups in total. The summed E-state index contributed by atoms with van der Waals surface area (Å²) in [6, 6.07) is 12.7. The highest BCUT2D eigenvalue weighted by atomic mass is 16.5. The van der Waals surface area contributed by atoms with Crippen LogP contribution in [0.25, 0.3) is 10.8 Å². The summed E-state index contributed by atoms with van der Waals surface area (Å²) in [5.41, 5.74) is 7.35. The van der Waals surface area contributed by atoms with E-state index in [2.05, 4.69) is 30.3 Å². The van der Waals surface area contributed by atoms with Gasteiger partial charge in [-0.1, -0.05) is 24.3 Å². The maximum atomic E-state index is 5.87. The number of ether oxygens (including phenoxy) is 2. The number of nitrogens with two attached hydrogens (primary N) is 1. The Kier molecular flexibility index (Phi) is 3.17. The molecule has 0 amide bonds. The molecular formula is C16H19NO2. The van der Waals surface area contributed by atoms with Crippen molar-refractivity contribution in [3.63, 3.8) is 0 Å². The fourth-order valence-electron chi connectivity index (χ4n) is 2.63. The summed E-state index contributed by atoms with van der Waals surface area (Å²) in [5.74, 6) is 0.895. The standard InChI is InChI=1S/C16H19NO2/c1-18-15-5-4-13-6-12(2-3-14(13)7-15)8-16(9-17)10-19-11-16/h2-7H,8-11,17H2,1H3. The van der Waals surface area contributed by atoms with Crippen LogP contribution in [0.15, 0.2) is 36.4 Å². The van der Waals surface area contributed by atoms with Crippen LogP contribution < -0.4 is 10.5 Å². The Morgan fingerprint density at radius 2 is 1.89 bits per heavy atom. The molecular weight excluding hydrogens is 238 g/mol. The number of hydrogen-bond donors (Lipinski definition) is 1. The van der Waals surface area contributed by atoms with Gasteiger partial charge in [0.2, 0.25) is 0 Å². The fourth-order valence-corrected chi connectivity index (χ4v) is 2.63. The van der Waals surface area contributed by atoms with Crippen molar-refractivity contribution in [1.82, 2.24) is 0 Å². The Balaban J connectivity index is 1.89. The first-order chi connectivity index (χ1) is 9.24. The molecule has 1 heterocycles. The van der Waals surface area contributed by atoms with Gasteiger partial charge < -0.3 is 15.2 Å². The van der Waals surface area contributed by atoms with E-state index in [1.807, 2.05) is 6.07 Å². The summed E-state index contributed by atoms with van der Waals surface area (Å²) >= 11 is 0. The molecule has 0 spiro atoms. The molecule has 3 nitrogen and oxygen atoms in total. The van der Waals surface area contributed by atoms with E-state index in [1.54, 1.807) is 7.11 Å². The van der Waals surface area contributed by atoms with Gasteiger partial charge >= 0.3 is 0 Å². The molecule has 1 saturated heterocycles. The second kappa shape index (κ2) is 4.83. The smallest absolute Gasteiger partial charge is 0.119 e. The Hall–Kier alpha value is -1.58. The molecule has 1 fully saturated rings. The molecule has 0 atom stereocenters. The topological polar surface area (TPSA) is 44.5 Å². The molecule has 0 aromatic heterocycles. The van der Waals surface area contributed by atoms with E-state index in [-0.39, 0.29) is 5.41 Å². The van der Waals surface area contributed by atoms with Crippen LogP contribution in [0.2, 0.25) is 0 Å². The zero-order valence-corrected chi connectivity index (χ0v) is 11.2. The van der Waals surface area contributed by atoms with E-state index < -0.39 is 0 Å². The van der Waals surface area contributed by atoms with E-state index in [4.69, 9.17) is 15.2 Å². The third-order valence-corrected chi connectivity index (χ3v) is 3.94. The zero-order chi connectivity index (χ0) is 13.3. The van der Waals surface area contributed by atoms with Crippen molar-refractivity contribution >= 4 is 10.8 Å². The third-order valence-electron chi connectivity index (χ3n) is 3.94. The van der Waals surface area contributed by atoms with Gasteiger partial charge in [-0.3, -0.25) is 0 Å². The highest BCUT2D eigenvalue weighted by Gasteiger charge is 2.37. The summed E-state index contributed by atoms with van der Waals surface area (Å²) in [5, 5.41) is 2.44. The molecule has 3 heteroatoms. The molecule has 0 unspecified atom stereocenters. The fraction of sp³-hybridized carbons (Fsp3) is 0.375. The van der Waals surface area contributed by atoms with E-state index in [9.17, 15) is 0 Å². The highest BCUT2D eigenvalue weighted by Crippen LogP contribution is 2.32. The summed E-state index contributed by atoms with van der Waals surface area (Å²) in [6.45, 7) is 2.25. The van der Waals surface area contributed by atoms with Crippen molar-refractivity contribution in [2.75, 3.05) is 26.9 Å². The maximum Gasteiger partial charge on any atom is 0.119 e. The van der Waals surface area contributed by atoms with Crippen molar-refractivity contribution in [3.8, 4) is 5.75 Å². The SMILES string of the molecule is COc1ccc2cc(CC3(CN)COC3)ccc2c1. The van der Waals surface area contributed by atoms with Crippen LogP contribution in [0, 0.1) is 5.41 Å². The van der Waals surface area contributed by atoms with Crippen molar-refractivity contribution in [2.45, 2.75) is 6.42 Å². The van der Waals surface area contributed by atoms with Crippen LogP contribution in [0.1, 0.15) is 5.56 Å². The lowest BCUT2D eigenvalue weighted by Gasteiger charge is -2.40. The van der Waals surface area contributed by atoms with Crippen LogP contribution in [0.5, 0.6) is 5.75 Å². The molecule has 1 aliphatic rings. The molecule has 0 saturated carbocycles. The molecule has 1 aliphatic heterocycles. The van der Waals surface area contributed by atoms with Gasteiger partial charge in [0.25, 0.3) is 0 Å². The number of methoxy groups -OCH3 is 1. The van der Waals surface area contributed by atoms with E-state index in [1.165, 1.54) is 16.3 Å². The van der Waals surface area contributed by atoms with E-state index >= 15 is 0 Å². The minimum Gasteiger partial charge on any atom is -0.497 e. The Morgan fingerprint density at radius 3 is 2.53 bits per heavy atom. The lowest BCUT2D eigenvalue weighted by Crippen LogP contribution is -2.49. The lowest BCUT2D eigenvalue weighted by molar-refractivity contribution is -0.106. The van der Waals surface area contributed by atoms with Gasteiger partial charge in [0.1, 0.15) is 5.75 Å². The van der Waals surface area contributed by atoms with Crippen molar-refractivity contribution in [2.24, 2.45) is 11.1 Å². The molecule has 2 aromatic carbocycles. The van der Waals surface area contributed by atoms with Crippen molar-refractivity contribution in [1.29, 1.82) is 0 Å². The average molecular weight is 257 g/mol.